The first-order valence-corrected chi connectivity index (χ1v) is 6.98. The molecule has 4 nitrogen and oxygen atoms in total. The lowest BCUT2D eigenvalue weighted by atomic mass is 10.2. The summed E-state index contributed by atoms with van der Waals surface area (Å²) >= 11 is 7.85. The maximum atomic E-state index is 6.09. The first kappa shape index (κ1) is 13.2. The van der Waals surface area contributed by atoms with Crippen LogP contribution in [0.5, 0.6) is 0 Å². The van der Waals surface area contributed by atoms with Crippen molar-refractivity contribution in [3.63, 3.8) is 0 Å². The van der Waals surface area contributed by atoms with Gasteiger partial charge in [-0.1, -0.05) is 30.6 Å². The SMILES string of the molecule is CC(C)SCc1noc(-c2ccc(N)cc2Cl)n1. The van der Waals surface area contributed by atoms with Crippen LogP contribution in [0.4, 0.5) is 5.69 Å². The quantitative estimate of drug-likeness (QED) is 0.868. The largest absolute Gasteiger partial charge is 0.399 e. The first-order valence-electron chi connectivity index (χ1n) is 5.56. The number of hydrogen-bond donors (Lipinski definition) is 1. The molecule has 0 fully saturated rings. The lowest BCUT2D eigenvalue weighted by Gasteiger charge is -2.00. The van der Waals surface area contributed by atoms with Crippen molar-refractivity contribution in [3.8, 4) is 11.5 Å². The number of benzene rings is 1. The van der Waals surface area contributed by atoms with Gasteiger partial charge in [-0.2, -0.15) is 16.7 Å². The summed E-state index contributed by atoms with van der Waals surface area (Å²) in [7, 11) is 0. The van der Waals surface area contributed by atoms with E-state index in [4.69, 9.17) is 21.9 Å². The third-order valence-electron chi connectivity index (χ3n) is 2.24. The molecule has 0 spiro atoms. The molecule has 0 saturated carbocycles. The smallest absolute Gasteiger partial charge is 0.259 e. The van der Waals surface area contributed by atoms with E-state index in [1.165, 1.54) is 0 Å². The van der Waals surface area contributed by atoms with Crippen molar-refractivity contribution in [2.75, 3.05) is 5.73 Å². The summed E-state index contributed by atoms with van der Waals surface area (Å²) in [5.74, 6) is 1.84. The Balaban J connectivity index is 2.18. The molecule has 0 radical (unpaired) electrons. The molecule has 0 unspecified atom stereocenters. The summed E-state index contributed by atoms with van der Waals surface area (Å²) in [6, 6.07) is 5.21. The molecule has 0 atom stereocenters. The zero-order valence-electron chi connectivity index (χ0n) is 10.2. The maximum Gasteiger partial charge on any atom is 0.259 e. The number of rotatable bonds is 4. The zero-order chi connectivity index (χ0) is 13.1. The molecule has 0 aliphatic rings. The van der Waals surface area contributed by atoms with Crippen LogP contribution in [0.1, 0.15) is 19.7 Å². The molecule has 2 aromatic rings. The normalized spacial score (nSPS) is 11.1. The highest BCUT2D eigenvalue weighted by molar-refractivity contribution is 7.99. The predicted octanol–water partition coefficient (Wildman–Crippen LogP) is 3.61. The molecule has 2 N–H and O–H groups in total. The van der Waals surface area contributed by atoms with Crippen LogP contribution in [-0.4, -0.2) is 15.4 Å². The van der Waals surface area contributed by atoms with E-state index in [2.05, 4.69) is 24.0 Å². The fourth-order valence-corrected chi connectivity index (χ4v) is 2.24. The van der Waals surface area contributed by atoms with Crippen LogP contribution in [0.3, 0.4) is 0 Å². The molecular formula is C12H14ClN3OS. The van der Waals surface area contributed by atoms with Crippen LogP contribution in [0, 0.1) is 0 Å². The van der Waals surface area contributed by atoms with Gasteiger partial charge in [0.1, 0.15) is 0 Å². The Hall–Kier alpha value is -1.20. The van der Waals surface area contributed by atoms with Gasteiger partial charge in [0.15, 0.2) is 5.82 Å². The number of nitrogen functional groups attached to an aromatic ring is 1. The number of anilines is 1. The highest BCUT2D eigenvalue weighted by Crippen LogP contribution is 2.28. The number of hydrogen-bond acceptors (Lipinski definition) is 5. The maximum absolute atomic E-state index is 6.09. The second kappa shape index (κ2) is 5.63. The predicted molar refractivity (Wildman–Crippen MR) is 75.6 cm³/mol. The second-order valence-electron chi connectivity index (χ2n) is 4.11. The minimum atomic E-state index is 0.430. The Morgan fingerprint density at radius 3 is 2.89 bits per heavy atom. The summed E-state index contributed by atoms with van der Waals surface area (Å²) < 4.78 is 5.20. The van der Waals surface area contributed by atoms with Gasteiger partial charge in [0.25, 0.3) is 5.89 Å². The molecule has 1 heterocycles. The van der Waals surface area contributed by atoms with Crippen LogP contribution in [0.25, 0.3) is 11.5 Å². The minimum Gasteiger partial charge on any atom is -0.399 e. The molecule has 0 amide bonds. The Kier molecular flexibility index (Phi) is 4.14. The van der Waals surface area contributed by atoms with Crippen LogP contribution >= 0.6 is 23.4 Å². The topological polar surface area (TPSA) is 64.9 Å². The van der Waals surface area contributed by atoms with E-state index in [0.29, 0.717) is 33.2 Å². The molecule has 0 aliphatic heterocycles. The van der Waals surface area contributed by atoms with E-state index >= 15 is 0 Å². The van der Waals surface area contributed by atoms with Gasteiger partial charge < -0.3 is 10.3 Å². The average molecular weight is 284 g/mol. The molecule has 18 heavy (non-hydrogen) atoms. The number of thioether (sulfide) groups is 1. The summed E-state index contributed by atoms with van der Waals surface area (Å²) in [5.41, 5.74) is 6.95. The molecule has 2 rings (SSSR count). The van der Waals surface area contributed by atoms with Gasteiger partial charge >= 0.3 is 0 Å². The van der Waals surface area contributed by atoms with Crippen molar-refractivity contribution >= 4 is 29.1 Å². The van der Waals surface area contributed by atoms with Crippen molar-refractivity contribution < 1.29 is 4.52 Å². The second-order valence-corrected chi connectivity index (χ2v) is 6.09. The van der Waals surface area contributed by atoms with Gasteiger partial charge in [-0.3, -0.25) is 0 Å². The van der Waals surface area contributed by atoms with E-state index in [-0.39, 0.29) is 0 Å². The lowest BCUT2D eigenvalue weighted by molar-refractivity contribution is 0.425. The highest BCUT2D eigenvalue weighted by Gasteiger charge is 2.12. The number of halogens is 1. The van der Waals surface area contributed by atoms with Gasteiger partial charge in [0.05, 0.1) is 16.3 Å². The minimum absolute atomic E-state index is 0.430. The van der Waals surface area contributed by atoms with Crippen molar-refractivity contribution in [2.45, 2.75) is 24.9 Å². The van der Waals surface area contributed by atoms with Gasteiger partial charge in [-0.05, 0) is 23.4 Å². The third-order valence-corrected chi connectivity index (χ3v) is 3.64. The van der Waals surface area contributed by atoms with E-state index in [0.717, 1.165) is 5.75 Å². The third kappa shape index (κ3) is 3.17. The lowest BCUT2D eigenvalue weighted by Crippen LogP contribution is -1.91. The van der Waals surface area contributed by atoms with Gasteiger partial charge in [0.2, 0.25) is 0 Å². The standard InChI is InChI=1S/C12H14ClN3OS/c1-7(2)18-6-11-15-12(17-16-11)9-4-3-8(14)5-10(9)13/h3-5,7H,6,14H2,1-2H3. The number of nitrogens with two attached hydrogens (primary N) is 1. The highest BCUT2D eigenvalue weighted by atomic mass is 35.5. The summed E-state index contributed by atoms with van der Waals surface area (Å²) in [6.07, 6.45) is 0. The van der Waals surface area contributed by atoms with Crippen molar-refractivity contribution in [1.29, 1.82) is 0 Å². The molecule has 1 aromatic heterocycles. The van der Waals surface area contributed by atoms with Crippen LogP contribution in [0.15, 0.2) is 22.7 Å². The first-order chi connectivity index (χ1) is 8.56. The fourth-order valence-electron chi connectivity index (χ4n) is 1.37. The Bertz CT molecular complexity index is 542. The van der Waals surface area contributed by atoms with Crippen LogP contribution in [-0.2, 0) is 5.75 Å². The molecule has 0 bridgehead atoms. The molecule has 0 saturated heterocycles. The van der Waals surface area contributed by atoms with Crippen molar-refractivity contribution in [3.05, 3.63) is 29.0 Å². The number of aromatic nitrogens is 2. The summed E-state index contributed by atoms with van der Waals surface area (Å²) in [4.78, 5) is 4.32. The van der Waals surface area contributed by atoms with E-state index in [9.17, 15) is 0 Å². The van der Waals surface area contributed by atoms with Gasteiger partial charge in [0, 0.05) is 5.69 Å². The Morgan fingerprint density at radius 1 is 1.44 bits per heavy atom. The van der Waals surface area contributed by atoms with Gasteiger partial charge in [-0.25, -0.2) is 0 Å². The summed E-state index contributed by atoms with van der Waals surface area (Å²) in [5, 5.41) is 4.98. The van der Waals surface area contributed by atoms with Crippen LogP contribution in [0.2, 0.25) is 5.02 Å². The van der Waals surface area contributed by atoms with Crippen molar-refractivity contribution in [2.24, 2.45) is 0 Å². The van der Waals surface area contributed by atoms with Crippen molar-refractivity contribution in [1.82, 2.24) is 10.1 Å². The average Bonchev–Trinajstić information content (AvgIpc) is 2.75. The van der Waals surface area contributed by atoms with Crippen LogP contribution < -0.4 is 5.73 Å². The molecule has 1 aromatic carbocycles. The molecule has 6 heteroatoms. The van der Waals surface area contributed by atoms with Gasteiger partial charge in [-0.15, -0.1) is 0 Å². The summed E-state index contributed by atoms with van der Waals surface area (Å²) in [6.45, 7) is 4.25. The van der Waals surface area contributed by atoms with E-state index in [1.54, 1.807) is 30.0 Å². The Morgan fingerprint density at radius 2 is 2.22 bits per heavy atom. The number of nitrogens with zero attached hydrogens (tertiary/aromatic N) is 2. The molecule has 96 valence electrons. The van der Waals surface area contributed by atoms with E-state index in [1.807, 2.05) is 0 Å². The molecular weight excluding hydrogens is 270 g/mol. The Labute approximate surface area is 115 Å². The fraction of sp³-hybridized carbons (Fsp3) is 0.333. The molecule has 0 aliphatic carbocycles. The van der Waals surface area contributed by atoms with E-state index < -0.39 is 0 Å². The zero-order valence-corrected chi connectivity index (χ0v) is 11.8. The monoisotopic (exact) mass is 283 g/mol.